The molecule has 1 N–H and O–H groups in total. The summed E-state index contributed by atoms with van der Waals surface area (Å²) in [6.45, 7) is 2.08. The number of aryl methyl sites for hydroxylation is 1. The number of hydrogen-bond donors (Lipinski definition) is 1. The van der Waals surface area contributed by atoms with Crippen LogP contribution in [0.15, 0.2) is 58.5 Å². The maximum Gasteiger partial charge on any atom is 0.254 e. The molecule has 0 bridgehead atoms. The summed E-state index contributed by atoms with van der Waals surface area (Å²) in [7, 11) is 3.55. The first kappa shape index (κ1) is 14.7. The van der Waals surface area contributed by atoms with E-state index in [4.69, 9.17) is 0 Å². The van der Waals surface area contributed by atoms with Crippen LogP contribution in [0.5, 0.6) is 0 Å². The number of benzene rings is 2. The van der Waals surface area contributed by atoms with Gasteiger partial charge in [0.2, 0.25) is 0 Å². The van der Waals surface area contributed by atoms with Crippen molar-refractivity contribution in [2.24, 2.45) is 0 Å². The molecule has 0 unspecified atom stereocenters. The van der Waals surface area contributed by atoms with Gasteiger partial charge in [-0.2, -0.15) is 0 Å². The number of carbonyl (C=O) groups is 1. The molecule has 112 valence electrons. The van der Waals surface area contributed by atoms with Gasteiger partial charge in [-0.15, -0.1) is 0 Å². The molecule has 0 aliphatic carbocycles. The van der Waals surface area contributed by atoms with E-state index in [0.29, 0.717) is 0 Å². The molecule has 0 saturated carbocycles. The van der Waals surface area contributed by atoms with Gasteiger partial charge in [-0.1, -0.05) is 36.0 Å². The Labute approximate surface area is 134 Å². The van der Waals surface area contributed by atoms with Gasteiger partial charge in [-0.25, -0.2) is 0 Å². The zero-order valence-corrected chi connectivity index (χ0v) is 13.7. The fourth-order valence-corrected chi connectivity index (χ4v) is 3.44. The lowest BCUT2D eigenvalue weighted by atomic mass is 10.2. The quantitative estimate of drug-likeness (QED) is 0.781. The van der Waals surface area contributed by atoms with Crippen LogP contribution in [-0.4, -0.2) is 29.9 Å². The molecule has 22 heavy (non-hydrogen) atoms. The highest BCUT2D eigenvalue weighted by Crippen LogP contribution is 2.35. The first-order valence-corrected chi connectivity index (χ1v) is 7.94. The third-order valence-electron chi connectivity index (χ3n) is 3.54. The lowest BCUT2D eigenvalue weighted by Gasteiger charge is -2.13. The van der Waals surface area contributed by atoms with E-state index in [1.165, 1.54) is 10.9 Å². The largest absolute Gasteiger partial charge is 0.360 e. The molecule has 0 aliphatic rings. The van der Waals surface area contributed by atoms with Crippen LogP contribution in [-0.2, 0) is 0 Å². The lowest BCUT2D eigenvalue weighted by Crippen LogP contribution is -2.22. The Morgan fingerprint density at radius 3 is 2.64 bits per heavy atom. The molecule has 4 heteroatoms. The number of carbonyl (C=O) groups excluding carboxylic acids is 1. The fourth-order valence-electron chi connectivity index (χ4n) is 2.39. The van der Waals surface area contributed by atoms with E-state index in [9.17, 15) is 4.79 Å². The van der Waals surface area contributed by atoms with Crippen LogP contribution in [0.3, 0.4) is 0 Å². The Bertz CT molecular complexity index is 836. The molecule has 0 fully saturated rings. The summed E-state index contributed by atoms with van der Waals surface area (Å²) in [6, 6.07) is 14.1. The van der Waals surface area contributed by atoms with E-state index in [-0.39, 0.29) is 5.91 Å². The van der Waals surface area contributed by atoms with E-state index in [1.807, 2.05) is 30.5 Å². The number of hydrogen-bond acceptors (Lipinski definition) is 2. The van der Waals surface area contributed by atoms with Crippen LogP contribution in [0.25, 0.3) is 10.9 Å². The molecule has 1 heterocycles. The molecule has 0 aliphatic heterocycles. The van der Waals surface area contributed by atoms with Gasteiger partial charge in [-0.3, -0.25) is 4.79 Å². The smallest absolute Gasteiger partial charge is 0.254 e. The highest BCUT2D eigenvalue weighted by Gasteiger charge is 2.15. The van der Waals surface area contributed by atoms with Crippen molar-refractivity contribution >= 4 is 28.6 Å². The normalized spacial score (nSPS) is 10.9. The predicted molar refractivity (Wildman–Crippen MR) is 91.6 cm³/mol. The van der Waals surface area contributed by atoms with E-state index in [0.717, 1.165) is 20.9 Å². The average molecular weight is 310 g/mol. The van der Waals surface area contributed by atoms with Gasteiger partial charge in [0, 0.05) is 41.0 Å². The minimum Gasteiger partial charge on any atom is -0.360 e. The van der Waals surface area contributed by atoms with E-state index >= 15 is 0 Å². The second-order valence-electron chi connectivity index (χ2n) is 5.50. The summed E-state index contributed by atoms with van der Waals surface area (Å²) in [6.07, 6.45) is 2.01. The van der Waals surface area contributed by atoms with Crippen molar-refractivity contribution in [1.29, 1.82) is 0 Å². The Hall–Kier alpha value is -2.20. The molecule has 0 spiro atoms. The van der Waals surface area contributed by atoms with Gasteiger partial charge >= 0.3 is 0 Å². The molecular weight excluding hydrogens is 292 g/mol. The molecule has 0 atom stereocenters. The van der Waals surface area contributed by atoms with Crippen LogP contribution in [0.1, 0.15) is 15.9 Å². The number of nitrogens with one attached hydrogen (secondary N) is 1. The zero-order valence-electron chi connectivity index (χ0n) is 12.9. The molecule has 2 aromatic carbocycles. The molecule has 0 radical (unpaired) electrons. The zero-order chi connectivity index (χ0) is 15.7. The topological polar surface area (TPSA) is 36.1 Å². The van der Waals surface area contributed by atoms with Crippen LogP contribution in [0, 0.1) is 6.92 Å². The van der Waals surface area contributed by atoms with Gasteiger partial charge in [0.1, 0.15) is 0 Å². The SMILES string of the molecule is Cc1ccc2c(Sc3ccccc3C(=O)N(C)C)c[nH]c2c1. The summed E-state index contributed by atoms with van der Waals surface area (Å²) < 4.78 is 0. The summed E-state index contributed by atoms with van der Waals surface area (Å²) in [5, 5.41) is 1.18. The second-order valence-corrected chi connectivity index (χ2v) is 6.58. The van der Waals surface area contributed by atoms with E-state index < -0.39 is 0 Å². The van der Waals surface area contributed by atoms with Gasteiger partial charge < -0.3 is 9.88 Å². The molecule has 1 amide bonds. The van der Waals surface area contributed by atoms with Gasteiger partial charge in [0.15, 0.2) is 0 Å². The Morgan fingerprint density at radius 2 is 1.86 bits per heavy atom. The van der Waals surface area contributed by atoms with Crippen molar-refractivity contribution in [2.75, 3.05) is 14.1 Å². The summed E-state index contributed by atoms with van der Waals surface area (Å²) in [4.78, 5) is 19.3. The number of rotatable bonds is 3. The van der Waals surface area contributed by atoms with Crippen LogP contribution in [0.2, 0.25) is 0 Å². The van der Waals surface area contributed by atoms with Crippen molar-refractivity contribution in [1.82, 2.24) is 9.88 Å². The van der Waals surface area contributed by atoms with Crippen molar-refractivity contribution < 1.29 is 4.79 Å². The molecule has 3 rings (SSSR count). The minimum atomic E-state index is 0.0267. The van der Waals surface area contributed by atoms with Crippen molar-refractivity contribution in [3.8, 4) is 0 Å². The van der Waals surface area contributed by atoms with Gasteiger partial charge in [0.25, 0.3) is 5.91 Å². The summed E-state index contributed by atoms with van der Waals surface area (Å²) in [5.41, 5.74) is 3.09. The Morgan fingerprint density at radius 1 is 1.09 bits per heavy atom. The van der Waals surface area contributed by atoms with Crippen molar-refractivity contribution in [2.45, 2.75) is 16.7 Å². The van der Waals surface area contributed by atoms with Crippen LogP contribution >= 0.6 is 11.8 Å². The molecule has 0 saturated heterocycles. The number of amides is 1. The monoisotopic (exact) mass is 310 g/mol. The van der Waals surface area contributed by atoms with E-state index in [2.05, 4.69) is 30.1 Å². The summed E-state index contributed by atoms with van der Waals surface area (Å²) >= 11 is 1.62. The number of aromatic nitrogens is 1. The first-order valence-electron chi connectivity index (χ1n) is 7.12. The van der Waals surface area contributed by atoms with E-state index in [1.54, 1.807) is 30.8 Å². The second kappa shape index (κ2) is 5.89. The fraction of sp³-hybridized carbons (Fsp3) is 0.167. The molecule has 3 aromatic rings. The minimum absolute atomic E-state index is 0.0267. The predicted octanol–water partition coefficient (Wildman–Crippen LogP) is 4.33. The summed E-state index contributed by atoms with van der Waals surface area (Å²) in [5.74, 6) is 0.0267. The molecule has 3 nitrogen and oxygen atoms in total. The van der Waals surface area contributed by atoms with Crippen molar-refractivity contribution in [3.63, 3.8) is 0 Å². The number of fused-ring (bicyclic) bond motifs is 1. The van der Waals surface area contributed by atoms with Crippen LogP contribution < -0.4 is 0 Å². The van der Waals surface area contributed by atoms with Crippen molar-refractivity contribution in [3.05, 3.63) is 59.8 Å². The average Bonchev–Trinajstić information content (AvgIpc) is 2.89. The van der Waals surface area contributed by atoms with Crippen LogP contribution in [0.4, 0.5) is 0 Å². The first-order chi connectivity index (χ1) is 10.6. The van der Waals surface area contributed by atoms with Gasteiger partial charge in [-0.05, 0) is 30.7 Å². The maximum absolute atomic E-state index is 12.3. The standard InChI is InChI=1S/C18H18N2OS/c1-12-8-9-13-15(10-12)19-11-17(13)22-16-7-5-4-6-14(16)18(21)20(2)3/h4-11,19H,1-3H3. The highest BCUT2D eigenvalue weighted by atomic mass is 32.2. The lowest BCUT2D eigenvalue weighted by molar-refractivity contribution is 0.0824. The third kappa shape index (κ3) is 2.74. The molecular formula is C18H18N2OS. The Balaban J connectivity index is 2.00. The molecule has 1 aromatic heterocycles. The number of aromatic amines is 1. The highest BCUT2D eigenvalue weighted by molar-refractivity contribution is 7.99. The number of H-pyrrole nitrogens is 1. The third-order valence-corrected chi connectivity index (χ3v) is 4.68. The maximum atomic E-state index is 12.3. The Kier molecular flexibility index (Phi) is 3.94. The number of nitrogens with zero attached hydrogens (tertiary/aromatic N) is 1. The van der Waals surface area contributed by atoms with Gasteiger partial charge in [0.05, 0.1) is 5.56 Å².